The van der Waals surface area contributed by atoms with Crippen molar-refractivity contribution in [2.24, 2.45) is 0 Å². The smallest absolute Gasteiger partial charge is 0.266 e. The summed E-state index contributed by atoms with van der Waals surface area (Å²) in [5.41, 5.74) is 3.37. The van der Waals surface area contributed by atoms with Crippen molar-refractivity contribution in [2.45, 2.75) is 13.8 Å². The van der Waals surface area contributed by atoms with E-state index in [2.05, 4.69) is 21.2 Å². The van der Waals surface area contributed by atoms with Gasteiger partial charge in [-0.25, -0.2) is 0 Å². The molecule has 0 spiro atoms. The Labute approximate surface area is 176 Å². The van der Waals surface area contributed by atoms with Gasteiger partial charge in [0.25, 0.3) is 5.91 Å². The number of anilines is 1. The van der Waals surface area contributed by atoms with E-state index in [9.17, 15) is 10.1 Å². The number of furan rings is 1. The van der Waals surface area contributed by atoms with E-state index in [1.165, 1.54) is 6.08 Å². The first-order valence-corrected chi connectivity index (χ1v) is 9.60. The minimum absolute atomic E-state index is 0.0689. The molecule has 3 aromatic rings. The summed E-state index contributed by atoms with van der Waals surface area (Å²) in [5.74, 6) is 0.522. The highest BCUT2D eigenvalue weighted by Crippen LogP contribution is 2.31. The second-order valence-electron chi connectivity index (χ2n) is 6.27. The lowest BCUT2D eigenvalue weighted by Gasteiger charge is -2.06. The van der Waals surface area contributed by atoms with E-state index in [1.807, 2.05) is 38.1 Å². The fraction of sp³-hybridized carbons (Fsp3) is 0.0909. The Morgan fingerprint density at radius 2 is 1.96 bits per heavy atom. The Morgan fingerprint density at radius 1 is 1.18 bits per heavy atom. The zero-order valence-electron chi connectivity index (χ0n) is 15.2. The van der Waals surface area contributed by atoms with Gasteiger partial charge in [0.1, 0.15) is 23.2 Å². The van der Waals surface area contributed by atoms with Crippen molar-refractivity contribution in [3.8, 4) is 17.4 Å². The van der Waals surface area contributed by atoms with E-state index in [0.29, 0.717) is 22.2 Å². The van der Waals surface area contributed by atoms with Crippen LogP contribution in [0.25, 0.3) is 17.4 Å². The Morgan fingerprint density at radius 3 is 2.64 bits per heavy atom. The molecule has 28 heavy (non-hydrogen) atoms. The summed E-state index contributed by atoms with van der Waals surface area (Å²) in [6, 6.07) is 16.5. The van der Waals surface area contributed by atoms with Crippen LogP contribution < -0.4 is 5.32 Å². The maximum atomic E-state index is 12.4. The number of carbonyl (C=O) groups is 1. The van der Waals surface area contributed by atoms with Gasteiger partial charge in [-0.15, -0.1) is 0 Å². The summed E-state index contributed by atoms with van der Waals surface area (Å²) in [6.45, 7) is 3.87. The van der Waals surface area contributed by atoms with Crippen LogP contribution in [0.1, 0.15) is 16.9 Å². The second-order valence-corrected chi connectivity index (χ2v) is 7.53. The average Bonchev–Trinajstić information content (AvgIpc) is 3.11. The van der Waals surface area contributed by atoms with Crippen molar-refractivity contribution in [1.82, 2.24) is 0 Å². The Bertz CT molecular complexity index is 1130. The van der Waals surface area contributed by atoms with Crippen molar-refractivity contribution in [1.29, 1.82) is 5.26 Å². The highest BCUT2D eigenvalue weighted by Gasteiger charge is 2.13. The van der Waals surface area contributed by atoms with Crippen LogP contribution in [0.15, 0.2) is 63.0 Å². The van der Waals surface area contributed by atoms with E-state index in [-0.39, 0.29) is 5.57 Å². The Kier molecular flexibility index (Phi) is 6.03. The SMILES string of the molecule is Cc1ccc(-c2ccc(/C=C(\C#N)C(=O)Nc3ccc(C)c(Cl)c3)o2)c(Br)c1. The van der Waals surface area contributed by atoms with Crippen LogP contribution in [0, 0.1) is 25.2 Å². The lowest BCUT2D eigenvalue weighted by molar-refractivity contribution is -0.112. The summed E-state index contributed by atoms with van der Waals surface area (Å²) in [7, 11) is 0. The monoisotopic (exact) mass is 454 g/mol. The number of aryl methyl sites for hydroxylation is 2. The molecule has 1 amide bonds. The molecule has 3 rings (SSSR count). The third-order valence-electron chi connectivity index (χ3n) is 4.10. The Balaban J connectivity index is 1.82. The molecule has 1 N–H and O–H groups in total. The summed E-state index contributed by atoms with van der Waals surface area (Å²) >= 11 is 9.60. The number of hydrogen-bond acceptors (Lipinski definition) is 3. The maximum Gasteiger partial charge on any atom is 0.266 e. The normalized spacial score (nSPS) is 11.2. The molecule has 0 radical (unpaired) electrons. The molecule has 0 aliphatic rings. The van der Waals surface area contributed by atoms with Crippen molar-refractivity contribution in [3.05, 3.63) is 80.5 Å². The standard InChI is InChI=1S/C22H16BrClN2O2/c1-13-3-7-18(19(23)9-13)21-8-6-17(28-21)10-15(12-25)22(27)26-16-5-4-14(2)20(24)11-16/h3-11H,1-2H3,(H,26,27)/b15-10+. The van der Waals surface area contributed by atoms with Gasteiger partial charge in [0.15, 0.2) is 0 Å². The molecule has 0 saturated carbocycles. The largest absolute Gasteiger partial charge is 0.457 e. The summed E-state index contributed by atoms with van der Waals surface area (Å²) in [6.07, 6.45) is 1.41. The zero-order chi connectivity index (χ0) is 20.3. The maximum absolute atomic E-state index is 12.4. The molecule has 0 aliphatic heterocycles. The average molecular weight is 456 g/mol. The first-order chi connectivity index (χ1) is 13.4. The van der Waals surface area contributed by atoms with E-state index >= 15 is 0 Å². The van der Waals surface area contributed by atoms with Gasteiger partial charge in [-0.2, -0.15) is 5.26 Å². The van der Waals surface area contributed by atoms with Gasteiger partial charge >= 0.3 is 0 Å². The topological polar surface area (TPSA) is 66.0 Å². The molecule has 140 valence electrons. The van der Waals surface area contributed by atoms with Crippen molar-refractivity contribution >= 4 is 45.2 Å². The predicted molar refractivity (Wildman–Crippen MR) is 115 cm³/mol. The highest BCUT2D eigenvalue weighted by atomic mass is 79.9. The lowest BCUT2D eigenvalue weighted by atomic mass is 10.1. The van der Waals surface area contributed by atoms with Crippen molar-refractivity contribution < 1.29 is 9.21 Å². The van der Waals surface area contributed by atoms with Gasteiger partial charge in [-0.05, 0) is 61.4 Å². The van der Waals surface area contributed by atoms with Crippen LogP contribution in [0.2, 0.25) is 5.02 Å². The third kappa shape index (κ3) is 4.53. The molecular formula is C22H16BrClN2O2. The quantitative estimate of drug-likeness (QED) is 0.359. The molecule has 2 aromatic carbocycles. The third-order valence-corrected chi connectivity index (χ3v) is 5.16. The van der Waals surface area contributed by atoms with E-state index in [1.54, 1.807) is 30.3 Å². The summed E-state index contributed by atoms with van der Waals surface area (Å²) in [4.78, 5) is 12.4. The van der Waals surface area contributed by atoms with Gasteiger partial charge < -0.3 is 9.73 Å². The molecule has 0 bridgehead atoms. The molecule has 0 aliphatic carbocycles. The number of nitrogens with one attached hydrogen (secondary N) is 1. The number of nitrogens with zero attached hydrogens (tertiary/aromatic N) is 1. The molecule has 4 nitrogen and oxygen atoms in total. The first-order valence-electron chi connectivity index (χ1n) is 8.43. The van der Waals surface area contributed by atoms with Gasteiger partial charge in [0, 0.05) is 26.8 Å². The van der Waals surface area contributed by atoms with E-state index in [4.69, 9.17) is 16.0 Å². The van der Waals surface area contributed by atoms with Gasteiger partial charge in [-0.1, -0.05) is 39.7 Å². The van der Waals surface area contributed by atoms with Crippen LogP contribution >= 0.6 is 27.5 Å². The fourth-order valence-electron chi connectivity index (χ4n) is 2.56. The summed E-state index contributed by atoms with van der Waals surface area (Å²) < 4.78 is 6.71. The van der Waals surface area contributed by atoms with Gasteiger partial charge in [-0.3, -0.25) is 4.79 Å². The van der Waals surface area contributed by atoms with Crippen LogP contribution in [0.3, 0.4) is 0 Å². The number of halogens is 2. The van der Waals surface area contributed by atoms with Crippen LogP contribution in [0.4, 0.5) is 5.69 Å². The minimum atomic E-state index is -0.531. The number of rotatable bonds is 4. The number of hydrogen-bond donors (Lipinski definition) is 1. The molecule has 1 aromatic heterocycles. The fourth-order valence-corrected chi connectivity index (χ4v) is 3.42. The van der Waals surface area contributed by atoms with Gasteiger partial charge in [0.05, 0.1) is 0 Å². The first kappa shape index (κ1) is 19.9. The number of carbonyl (C=O) groups excluding carboxylic acids is 1. The van der Waals surface area contributed by atoms with E-state index < -0.39 is 5.91 Å². The van der Waals surface area contributed by atoms with Crippen LogP contribution in [0.5, 0.6) is 0 Å². The van der Waals surface area contributed by atoms with Crippen molar-refractivity contribution in [3.63, 3.8) is 0 Å². The van der Waals surface area contributed by atoms with Crippen LogP contribution in [-0.4, -0.2) is 5.91 Å². The van der Waals surface area contributed by atoms with Crippen LogP contribution in [-0.2, 0) is 4.79 Å². The molecule has 1 heterocycles. The molecule has 0 saturated heterocycles. The zero-order valence-corrected chi connectivity index (χ0v) is 17.6. The predicted octanol–water partition coefficient (Wildman–Crippen LogP) is 6.53. The molecular weight excluding hydrogens is 440 g/mol. The van der Waals surface area contributed by atoms with E-state index in [0.717, 1.165) is 21.2 Å². The molecule has 0 fully saturated rings. The molecule has 0 atom stereocenters. The highest BCUT2D eigenvalue weighted by molar-refractivity contribution is 9.10. The second kappa shape index (κ2) is 8.47. The minimum Gasteiger partial charge on any atom is -0.457 e. The molecule has 0 unspecified atom stereocenters. The number of nitriles is 1. The summed E-state index contributed by atoms with van der Waals surface area (Å²) in [5, 5.41) is 12.6. The number of benzene rings is 2. The number of amides is 1. The van der Waals surface area contributed by atoms with Gasteiger partial charge in [0.2, 0.25) is 0 Å². The lowest BCUT2D eigenvalue weighted by Crippen LogP contribution is -2.13. The van der Waals surface area contributed by atoms with Crippen molar-refractivity contribution in [2.75, 3.05) is 5.32 Å². The molecule has 6 heteroatoms. The Hall–Kier alpha value is -2.81.